The molecule has 0 atom stereocenters. The first-order chi connectivity index (χ1) is 13.6. The summed E-state index contributed by atoms with van der Waals surface area (Å²) in [7, 11) is 2.07. The van der Waals surface area contributed by atoms with Gasteiger partial charge in [-0.15, -0.1) is 0 Å². The van der Waals surface area contributed by atoms with Crippen LogP contribution in [0.1, 0.15) is 55.5 Å². The molecule has 0 unspecified atom stereocenters. The van der Waals surface area contributed by atoms with Gasteiger partial charge in [-0.1, -0.05) is 0 Å². The van der Waals surface area contributed by atoms with Gasteiger partial charge >= 0.3 is 6.09 Å². The zero-order valence-corrected chi connectivity index (χ0v) is 18.1. The van der Waals surface area contributed by atoms with E-state index in [1.54, 1.807) is 11.0 Å². The number of nitrogens with zero attached hydrogens (tertiary/aromatic N) is 3. The van der Waals surface area contributed by atoms with E-state index >= 15 is 0 Å². The van der Waals surface area contributed by atoms with Gasteiger partial charge in [-0.2, -0.15) is 0 Å². The zero-order chi connectivity index (χ0) is 21.2. The lowest BCUT2D eigenvalue weighted by Crippen LogP contribution is -2.47. The molecule has 2 N–H and O–H groups in total. The van der Waals surface area contributed by atoms with Crippen LogP contribution in [-0.4, -0.2) is 78.6 Å². The quantitative estimate of drug-likeness (QED) is 0.770. The SMILES string of the molecule is CN1CCN(C(=O)c2cc(N)cc(C3CCN(C(=O)OC(C)(C)C)CC3)c2)CC1. The Hall–Kier alpha value is -2.28. The molecule has 0 bridgehead atoms. The number of carbonyl (C=O) groups excluding carboxylic acids is 2. The Balaban J connectivity index is 1.65. The molecule has 7 nitrogen and oxygen atoms in total. The fourth-order valence-corrected chi connectivity index (χ4v) is 3.95. The Morgan fingerprint density at radius 3 is 2.17 bits per heavy atom. The monoisotopic (exact) mass is 402 g/mol. The van der Waals surface area contributed by atoms with Crippen molar-refractivity contribution in [3.63, 3.8) is 0 Å². The van der Waals surface area contributed by atoms with E-state index in [9.17, 15) is 9.59 Å². The Morgan fingerprint density at radius 2 is 1.59 bits per heavy atom. The highest BCUT2D eigenvalue weighted by molar-refractivity contribution is 5.95. The van der Waals surface area contributed by atoms with E-state index in [1.807, 2.05) is 37.8 Å². The number of carbonyl (C=O) groups is 2. The first-order valence-corrected chi connectivity index (χ1v) is 10.5. The summed E-state index contributed by atoms with van der Waals surface area (Å²) in [5.41, 5.74) is 8.03. The number of nitrogen functional groups attached to an aromatic ring is 1. The highest BCUT2D eigenvalue weighted by Crippen LogP contribution is 2.31. The fourth-order valence-electron chi connectivity index (χ4n) is 3.95. The average molecular weight is 403 g/mol. The van der Waals surface area contributed by atoms with Crippen LogP contribution < -0.4 is 5.73 Å². The molecule has 2 aliphatic heterocycles. The van der Waals surface area contributed by atoms with Crippen molar-refractivity contribution in [3.8, 4) is 0 Å². The molecule has 2 saturated heterocycles. The van der Waals surface area contributed by atoms with E-state index in [0.717, 1.165) is 44.6 Å². The van der Waals surface area contributed by atoms with Crippen LogP contribution in [0.3, 0.4) is 0 Å². The van der Waals surface area contributed by atoms with Crippen molar-refractivity contribution in [1.29, 1.82) is 0 Å². The number of nitrogens with two attached hydrogens (primary N) is 1. The van der Waals surface area contributed by atoms with Gasteiger partial charge in [0.2, 0.25) is 0 Å². The maximum absolute atomic E-state index is 13.0. The molecule has 0 saturated carbocycles. The number of benzene rings is 1. The summed E-state index contributed by atoms with van der Waals surface area (Å²) in [5, 5.41) is 0. The second-order valence-electron chi connectivity index (χ2n) is 9.23. The lowest BCUT2D eigenvalue weighted by atomic mass is 9.88. The molecule has 160 valence electrons. The summed E-state index contributed by atoms with van der Waals surface area (Å²) >= 11 is 0. The van der Waals surface area contributed by atoms with E-state index < -0.39 is 5.60 Å². The third kappa shape index (κ3) is 5.63. The smallest absolute Gasteiger partial charge is 0.410 e. The van der Waals surface area contributed by atoms with Crippen LogP contribution in [-0.2, 0) is 4.74 Å². The van der Waals surface area contributed by atoms with Gasteiger partial charge in [0.15, 0.2) is 0 Å². The number of likely N-dealkylation sites (N-methyl/N-ethyl adjacent to an activating group) is 1. The number of rotatable bonds is 2. The number of hydrogen-bond acceptors (Lipinski definition) is 5. The minimum absolute atomic E-state index is 0.0536. The van der Waals surface area contributed by atoms with Crippen molar-refractivity contribution in [3.05, 3.63) is 29.3 Å². The van der Waals surface area contributed by atoms with Crippen molar-refractivity contribution in [2.24, 2.45) is 0 Å². The van der Waals surface area contributed by atoms with Gasteiger partial charge in [0.05, 0.1) is 0 Å². The van der Waals surface area contributed by atoms with Crippen LogP contribution in [0.2, 0.25) is 0 Å². The lowest BCUT2D eigenvalue weighted by Gasteiger charge is -2.34. The van der Waals surface area contributed by atoms with Gasteiger partial charge in [-0.25, -0.2) is 4.79 Å². The topological polar surface area (TPSA) is 79.1 Å². The van der Waals surface area contributed by atoms with Crippen LogP contribution in [0.4, 0.5) is 10.5 Å². The number of anilines is 1. The van der Waals surface area contributed by atoms with Gasteiger partial charge < -0.3 is 25.2 Å². The summed E-state index contributed by atoms with van der Waals surface area (Å²) in [6.45, 7) is 10.2. The van der Waals surface area contributed by atoms with Crippen LogP contribution >= 0.6 is 0 Å². The number of piperidine rings is 1. The zero-order valence-electron chi connectivity index (χ0n) is 18.1. The molecule has 29 heavy (non-hydrogen) atoms. The fraction of sp³-hybridized carbons (Fsp3) is 0.636. The van der Waals surface area contributed by atoms with Crippen molar-refractivity contribution in [2.75, 3.05) is 52.0 Å². The van der Waals surface area contributed by atoms with E-state index in [-0.39, 0.29) is 17.9 Å². The van der Waals surface area contributed by atoms with Gasteiger partial charge in [0.25, 0.3) is 5.91 Å². The summed E-state index contributed by atoms with van der Waals surface area (Å²) in [4.78, 5) is 31.1. The molecule has 0 aliphatic carbocycles. The van der Waals surface area contributed by atoms with Crippen LogP contribution in [0.15, 0.2) is 18.2 Å². The van der Waals surface area contributed by atoms with Crippen molar-refractivity contribution in [2.45, 2.75) is 45.1 Å². The first kappa shape index (κ1) is 21.4. The average Bonchev–Trinajstić information content (AvgIpc) is 2.66. The lowest BCUT2D eigenvalue weighted by molar-refractivity contribution is 0.0205. The minimum Gasteiger partial charge on any atom is -0.444 e. The first-order valence-electron chi connectivity index (χ1n) is 10.5. The normalized spacial score (nSPS) is 19.3. The Kier molecular flexibility index (Phi) is 6.36. The van der Waals surface area contributed by atoms with Crippen molar-refractivity contribution < 1.29 is 14.3 Å². The minimum atomic E-state index is -0.486. The summed E-state index contributed by atoms with van der Waals surface area (Å²) in [6.07, 6.45) is 1.42. The predicted octanol–water partition coefficient (Wildman–Crippen LogP) is 2.77. The van der Waals surface area contributed by atoms with E-state index in [0.29, 0.717) is 24.3 Å². The molecule has 2 aliphatic rings. The highest BCUT2D eigenvalue weighted by atomic mass is 16.6. The molecular weight excluding hydrogens is 368 g/mol. The molecule has 2 heterocycles. The van der Waals surface area contributed by atoms with E-state index in [2.05, 4.69) is 11.9 Å². The van der Waals surface area contributed by atoms with E-state index in [4.69, 9.17) is 10.5 Å². The number of hydrogen-bond donors (Lipinski definition) is 1. The molecule has 0 aromatic heterocycles. The number of amides is 2. The molecule has 2 amide bonds. The van der Waals surface area contributed by atoms with Gasteiger partial charge in [0.1, 0.15) is 5.60 Å². The highest BCUT2D eigenvalue weighted by Gasteiger charge is 2.28. The third-order valence-electron chi connectivity index (χ3n) is 5.63. The second-order valence-corrected chi connectivity index (χ2v) is 9.23. The maximum atomic E-state index is 13.0. The summed E-state index contributed by atoms with van der Waals surface area (Å²) in [6, 6.07) is 5.74. The maximum Gasteiger partial charge on any atom is 0.410 e. The van der Waals surface area contributed by atoms with Crippen molar-refractivity contribution in [1.82, 2.24) is 14.7 Å². The predicted molar refractivity (Wildman–Crippen MR) is 114 cm³/mol. The molecular formula is C22H34N4O3. The van der Waals surface area contributed by atoms with Gasteiger partial charge in [-0.3, -0.25) is 4.79 Å². The molecule has 7 heteroatoms. The van der Waals surface area contributed by atoms with Crippen LogP contribution in [0.25, 0.3) is 0 Å². The summed E-state index contributed by atoms with van der Waals surface area (Å²) < 4.78 is 5.48. The molecule has 0 radical (unpaired) electrons. The Labute approximate surface area is 173 Å². The van der Waals surface area contributed by atoms with Crippen LogP contribution in [0, 0.1) is 0 Å². The van der Waals surface area contributed by atoms with E-state index in [1.165, 1.54) is 0 Å². The third-order valence-corrected chi connectivity index (χ3v) is 5.63. The number of piperazine rings is 1. The van der Waals surface area contributed by atoms with Gasteiger partial charge in [0, 0.05) is 50.5 Å². The number of likely N-dealkylation sites (tertiary alicyclic amines) is 1. The molecule has 1 aromatic carbocycles. The van der Waals surface area contributed by atoms with Crippen LogP contribution in [0.5, 0.6) is 0 Å². The number of ether oxygens (including phenoxy) is 1. The molecule has 3 rings (SSSR count). The molecule has 1 aromatic rings. The Bertz CT molecular complexity index is 743. The Morgan fingerprint density at radius 1 is 0.966 bits per heavy atom. The summed E-state index contributed by atoms with van der Waals surface area (Å²) in [5.74, 6) is 0.342. The van der Waals surface area contributed by atoms with Gasteiger partial charge in [-0.05, 0) is 70.3 Å². The molecule has 2 fully saturated rings. The second kappa shape index (κ2) is 8.61. The molecule has 0 spiro atoms. The standard InChI is InChI=1S/C22H34N4O3/c1-22(2,3)29-21(28)26-7-5-16(6-8-26)17-13-18(15-19(23)14-17)20(27)25-11-9-24(4)10-12-25/h13-16H,5-12,23H2,1-4H3. The largest absolute Gasteiger partial charge is 0.444 e. The van der Waals surface area contributed by atoms with Crippen molar-refractivity contribution >= 4 is 17.7 Å².